The van der Waals surface area contributed by atoms with Crippen LogP contribution in [0.3, 0.4) is 0 Å². The summed E-state index contributed by atoms with van der Waals surface area (Å²) in [6.07, 6.45) is -1.73. The number of nitrogens with zero attached hydrogens (tertiary/aromatic N) is 5. The van der Waals surface area contributed by atoms with Gasteiger partial charge in [0.15, 0.2) is 11.6 Å². The zero-order valence-corrected chi connectivity index (χ0v) is 26.0. The molecule has 43 heavy (non-hydrogen) atoms. The quantitative estimate of drug-likeness (QED) is 0.290. The van der Waals surface area contributed by atoms with E-state index < -0.39 is 13.5 Å². The second kappa shape index (κ2) is 12.9. The highest BCUT2D eigenvalue weighted by Gasteiger charge is 2.34. The van der Waals surface area contributed by atoms with Crippen molar-refractivity contribution in [1.82, 2.24) is 19.8 Å². The van der Waals surface area contributed by atoms with E-state index in [2.05, 4.69) is 42.2 Å². The fraction of sp³-hybridized carbons (Fsp3) is 0.448. The first kappa shape index (κ1) is 31.4. The molecule has 2 aliphatic rings. The molecular weight excluding hydrogens is 602 g/mol. The Morgan fingerprint density at radius 3 is 2.37 bits per heavy atom. The van der Waals surface area contributed by atoms with E-state index in [9.17, 15) is 17.7 Å². The average Bonchev–Trinajstić information content (AvgIpc) is 2.94. The Balaban J connectivity index is 1.33. The molecule has 0 radical (unpaired) electrons. The van der Waals surface area contributed by atoms with Gasteiger partial charge in [-0.3, -0.25) is 4.90 Å². The number of nitrogens with one attached hydrogen (secondary N) is 2. The summed E-state index contributed by atoms with van der Waals surface area (Å²) < 4.78 is 57.7. The number of alkyl halides is 3. The molecule has 0 aliphatic carbocycles. The van der Waals surface area contributed by atoms with E-state index in [4.69, 9.17) is 11.6 Å². The minimum Gasteiger partial charge on any atom is -0.403 e. The minimum absolute atomic E-state index is 0.110. The lowest BCUT2D eigenvalue weighted by Gasteiger charge is -2.42. The molecule has 2 saturated heterocycles. The number of para-hydroxylation sites is 1. The molecule has 0 bridgehead atoms. The van der Waals surface area contributed by atoms with E-state index in [1.54, 1.807) is 49.7 Å². The normalized spacial score (nSPS) is 17.6. The molecule has 232 valence electrons. The predicted octanol–water partition coefficient (Wildman–Crippen LogP) is 5.98. The van der Waals surface area contributed by atoms with E-state index in [0.29, 0.717) is 41.5 Å². The summed E-state index contributed by atoms with van der Waals surface area (Å²) in [6.45, 7) is 8.69. The number of piperidine rings is 1. The Morgan fingerprint density at radius 1 is 1.00 bits per heavy atom. The second-order valence-corrected chi connectivity index (χ2v) is 14.9. The van der Waals surface area contributed by atoms with E-state index in [0.717, 1.165) is 39.0 Å². The third kappa shape index (κ3) is 8.12. The first-order valence-electron chi connectivity index (χ1n) is 14.1. The minimum atomic E-state index is -4.86. The van der Waals surface area contributed by atoms with Crippen LogP contribution in [0.15, 0.2) is 48.7 Å². The van der Waals surface area contributed by atoms with Gasteiger partial charge >= 0.3 is 6.36 Å². The number of halogens is 4. The SMILES string of the molecule is CN1CCN(C2CCN(c3ccc(Nc4ncc(Cl)c(Nc5ccccc5P(C)(C)=O)n4)cc3OC(F)(F)F)CC2)CC1. The van der Waals surface area contributed by atoms with Crippen LogP contribution in [0.25, 0.3) is 0 Å². The first-order chi connectivity index (χ1) is 20.4. The summed E-state index contributed by atoms with van der Waals surface area (Å²) in [6, 6.07) is 12.2. The molecule has 0 saturated carbocycles. The van der Waals surface area contributed by atoms with E-state index >= 15 is 0 Å². The molecule has 0 atom stereocenters. The van der Waals surface area contributed by atoms with Gasteiger partial charge in [-0.15, -0.1) is 13.2 Å². The fourth-order valence-electron chi connectivity index (χ4n) is 5.54. The molecule has 1 aromatic heterocycles. The molecule has 14 heteroatoms. The molecule has 2 N–H and O–H groups in total. The lowest BCUT2D eigenvalue weighted by molar-refractivity contribution is -0.274. The number of likely N-dealkylation sites (N-methyl/N-ethyl adjacent to an activating group) is 1. The number of ether oxygens (including phenoxy) is 1. The molecule has 5 rings (SSSR count). The van der Waals surface area contributed by atoms with Crippen LogP contribution in [0.4, 0.5) is 42.0 Å². The third-order valence-corrected chi connectivity index (χ3v) is 9.61. The van der Waals surface area contributed by atoms with Crippen LogP contribution in [-0.4, -0.2) is 91.8 Å². The van der Waals surface area contributed by atoms with Gasteiger partial charge in [0.25, 0.3) is 0 Å². The fourth-order valence-corrected chi connectivity index (χ4v) is 6.83. The predicted molar refractivity (Wildman–Crippen MR) is 167 cm³/mol. The molecule has 3 heterocycles. The number of piperazine rings is 1. The summed E-state index contributed by atoms with van der Waals surface area (Å²) in [4.78, 5) is 15.4. The molecule has 0 amide bonds. The number of rotatable bonds is 8. The van der Waals surface area contributed by atoms with Crippen molar-refractivity contribution in [3.8, 4) is 5.75 Å². The first-order valence-corrected chi connectivity index (χ1v) is 17.1. The van der Waals surface area contributed by atoms with Crippen molar-refractivity contribution in [3.05, 3.63) is 53.7 Å². The Morgan fingerprint density at radius 2 is 1.70 bits per heavy atom. The highest BCUT2D eigenvalue weighted by atomic mass is 35.5. The topological polar surface area (TPSA) is 85.9 Å². The maximum absolute atomic E-state index is 13.5. The Bertz CT molecular complexity index is 1470. The second-order valence-electron chi connectivity index (χ2n) is 11.3. The van der Waals surface area contributed by atoms with E-state index in [1.165, 1.54) is 12.3 Å². The Hall–Kier alpha value is -3.05. The van der Waals surface area contributed by atoms with Gasteiger partial charge in [0.05, 0.1) is 17.6 Å². The van der Waals surface area contributed by atoms with Crippen molar-refractivity contribution in [2.45, 2.75) is 25.2 Å². The molecule has 2 aromatic carbocycles. The van der Waals surface area contributed by atoms with Crippen LogP contribution in [0, 0.1) is 0 Å². The summed E-state index contributed by atoms with van der Waals surface area (Å²) >= 11 is 6.35. The molecule has 3 aromatic rings. The van der Waals surface area contributed by atoms with Crippen molar-refractivity contribution in [2.75, 3.05) is 75.2 Å². The summed E-state index contributed by atoms with van der Waals surface area (Å²) in [7, 11) is -0.487. The van der Waals surface area contributed by atoms with Crippen LogP contribution in [0.5, 0.6) is 5.75 Å². The van der Waals surface area contributed by atoms with Crippen LogP contribution in [0.1, 0.15) is 12.8 Å². The monoisotopic (exact) mass is 637 g/mol. The number of anilines is 5. The lowest BCUT2D eigenvalue weighted by atomic mass is 10.0. The number of aromatic nitrogens is 2. The average molecular weight is 638 g/mol. The van der Waals surface area contributed by atoms with Crippen LogP contribution in [-0.2, 0) is 4.57 Å². The zero-order chi connectivity index (χ0) is 30.8. The van der Waals surface area contributed by atoms with Gasteiger partial charge in [-0.25, -0.2) is 4.98 Å². The molecule has 0 unspecified atom stereocenters. The van der Waals surface area contributed by atoms with Gasteiger partial charge in [-0.2, -0.15) is 4.98 Å². The van der Waals surface area contributed by atoms with E-state index in [-0.39, 0.29) is 22.5 Å². The van der Waals surface area contributed by atoms with Gasteiger partial charge in [-0.05, 0) is 57.5 Å². The number of hydrogen-bond acceptors (Lipinski definition) is 9. The van der Waals surface area contributed by atoms with Crippen molar-refractivity contribution in [3.63, 3.8) is 0 Å². The standard InChI is InChI=1S/C29H36ClF3N7O2P/c1-38-14-16-39(17-15-38)21-10-12-40(13-11-21)24-9-8-20(18-25(24)42-29(31,32)33)35-28-34-19-22(30)27(37-28)36-23-6-4-5-7-26(23)43(2,3)41/h4-9,18-19,21H,10-17H2,1-3H3,(H2,34,35,36,37). The van der Waals surface area contributed by atoms with Crippen LogP contribution >= 0.6 is 18.7 Å². The summed E-state index contributed by atoms with van der Waals surface area (Å²) in [5, 5.41) is 6.93. The van der Waals surface area contributed by atoms with Gasteiger partial charge in [-0.1, -0.05) is 23.7 Å². The largest absolute Gasteiger partial charge is 0.573 e. The Labute approximate surface area is 254 Å². The number of benzene rings is 2. The van der Waals surface area contributed by atoms with Crippen molar-refractivity contribution in [1.29, 1.82) is 0 Å². The highest BCUT2D eigenvalue weighted by Crippen LogP contribution is 2.40. The highest BCUT2D eigenvalue weighted by molar-refractivity contribution is 7.70. The smallest absolute Gasteiger partial charge is 0.403 e. The van der Waals surface area contributed by atoms with E-state index in [1.807, 2.05) is 4.90 Å². The molecule has 9 nitrogen and oxygen atoms in total. The molecule has 2 fully saturated rings. The van der Waals surface area contributed by atoms with Crippen molar-refractivity contribution < 1.29 is 22.5 Å². The van der Waals surface area contributed by atoms with Gasteiger partial charge in [0.2, 0.25) is 5.95 Å². The van der Waals surface area contributed by atoms with Gasteiger partial charge < -0.3 is 29.7 Å². The maximum atomic E-state index is 13.5. The maximum Gasteiger partial charge on any atom is 0.573 e. The van der Waals surface area contributed by atoms with Gasteiger partial charge in [0.1, 0.15) is 12.2 Å². The molecule has 2 aliphatic heterocycles. The van der Waals surface area contributed by atoms with Crippen LogP contribution < -0.4 is 25.6 Å². The Kier molecular flexibility index (Phi) is 9.41. The van der Waals surface area contributed by atoms with Crippen molar-refractivity contribution in [2.24, 2.45) is 0 Å². The third-order valence-electron chi connectivity index (χ3n) is 7.78. The van der Waals surface area contributed by atoms with Gasteiger partial charge in [0, 0.05) is 62.4 Å². The lowest BCUT2D eigenvalue weighted by Crippen LogP contribution is -2.52. The molecular formula is C29H36ClF3N7O2P. The molecule has 0 spiro atoms. The summed E-state index contributed by atoms with van der Waals surface area (Å²) in [5.41, 5.74) is 1.29. The zero-order valence-electron chi connectivity index (χ0n) is 24.4. The summed E-state index contributed by atoms with van der Waals surface area (Å²) in [5.74, 6) is 0.0735. The van der Waals surface area contributed by atoms with Crippen LogP contribution in [0.2, 0.25) is 5.02 Å². The van der Waals surface area contributed by atoms with Crippen molar-refractivity contribution >= 4 is 52.9 Å². The number of hydrogen-bond donors (Lipinski definition) is 2.